The van der Waals surface area contributed by atoms with E-state index >= 15 is 0 Å². The largest absolute Gasteiger partial charge is 0.307 e. The van der Waals surface area contributed by atoms with Crippen molar-refractivity contribution < 1.29 is 8.42 Å². The molecule has 1 saturated carbocycles. The second-order valence-corrected chi connectivity index (χ2v) is 7.14. The molecule has 0 aromatic carbocycles. The summed E-state index contributed by atoms with van der Waals surface area (Å²) in [6, 6.07) is 1.51. The van der Waals surface area contributed by atoms with Gasteiger partial charge in [-0.25, -0.2) is 19.2 Å². The average molecular weight is 319 g/mol. The first-order valence-electron chi connectivity index (χ1n) is 6.64. The predicted octanol–water partition coefficient (Wildman–Crippen LogP) is 1.97. The Morgan fingerprint density at radius 2 is 2.25 bits per heavy atom. The lowest BCUT2D eigenvalue weighted by atomic mass is 10.3. The highest BCUT2D eigenvalue weighted by Gasteiger charge is 2.37. The number of nitrogens with one attached hydrogen (secondary N) is 1. The molecule has 0 unspecified atom stereocenters. The first-order valence-corrected chi connectivity index (χ1v) is 8.46. The molecule has 1 aliphatic carbocycles. The van der Waals surface area contributed by atoms with Crippen LogP contribution in [0, 0.1) is 0 Å². The van der Waals surface area contributed by atoms with Crippen LogP contribution in [0.2, 0.25) is 5.02 Å². The van der Waals surface area contributed by atoms with Crippen LogP contribution in [-0.2, 0) is 10.0 Å². The molecule has 0 saturated heterocycles. The van der Waals surface area contributed by atoms with Gasteiger partial charge < -0.3 is 5.43 Å². The molecule has 0 bridgehead atoms. The van der Waals surface area contributed by atoms with Crippen molar-refractivity contribution in [3.05, 3.63) is 17.3 Å². The van der Waals surface area contributed by atoms with Gasteiger partial charge in [0.25, 0.3) is 0 Å². The third kappa shape index (κ3) is 3.22. The highest BCUT2D eigenvalue weighted by Crippen LogP contribution is 2.33. The van der Waals surface area contributed by atoms with Crippen molar-refractivity contribution in [2.75, 3.05) is 12.0 Å². The van der Waals surface area contributed by atoms with Gasteiger partial charge in [0.05, 0.1) is 5.02 Å². The summed E-state index contributed by atoms with van der Waals surface area (Å²) >= 11 is 5.95. The molecule has 6 nitrogen and oxygen atoms in total. The second-order valence-electron chi connectivity index (χ2n) is 4.85. The van der Waals surface area contributed by atoms with E-state index < -0.39 is 10.0 Å². The first kappa shape index (κ1) is 15.5. The number of nitrogen functional groups attached to an aromatic ring is 1. The van der Waals surface area contributed by atoms with E-state index in [4.69, 9.17) is 17.4 Å². The molecule has 0 radical (unpaired) electrons. The van der Waals surface area contributed by atoms with Crippen LogP contribution in [0.5, 0.6) is 0 Å². The van der Waals surface area contributed by atoms with Crippen molar-refractivity contribution in [2.45, 2.75) is 43.5 Å². The minimum absolute atomic E-state index is 0.115. The topological polar surface area (TPSA) is 88.3 Å². The fourth-order valence-corrected chi connectivity index (χ4v) is 3.96. The number of halogens is 1. The maximum atomic E-state index is 12.6. The molecule has 1 aromatic rings. The Bertz CT molecular complexity index is 575. The van der Waals surface area contributed by atoms with Crippen molar-refractivity contribution in [3.8, 4) is 0 Å². The Balaban J connectivity index is 2.29. The highest BCUT2D eigenvalue weighted by molar-refractivity contribution is 7.89. The molecule has 2 rings (SSSR count). The van der Waals surface area contributed by atoms with Crippen molar-refractivity contribution in [3.63, 3.8) is 0 Å². The van der Waals surface area contributed by atoms with Crippen molar-refractivity contribution in [2.24, 2.45) is 5.84 Å². The van der Waals surface area contributed by atoms with Gasteiger partial charge in [0.1, 0.15) is 4.90 Å². The minimum Gasteiger partial charge on any atom is -0.307 e. The standard InChI is InChI=1S/C12H19ClN4O2S/c1-2-3-6-17(9-4-5-9)20(18,19)10-7-11(13)12(16-14)15-8-10/h7-9H,2-6,14H2,1H3,(H,15,16). The number of unbranched alkanes of at least 4 members (excludes halogenated alkanes) is 1. The van der Waals surface area contributed by atoms with Crippen molar-refractivity contribution >= 4 is 27.4 Å². The lowest BCUT2D eigenvalue weighted by molar-refractivity contribution is 0.395. The van der Waals surface area contributed by atoms with Gasteiger partial charge in [-0.1, -0.05) is 24.9 Å². The smallest absolute Gasteiger partial charge is 0.244 e. The minimum atomic E-state index is -3.54. The Kier molecular flexibility index (Phi) is 4.85. The lowest BCUT2D eigenvalue weighted by Gasteiger charge is -2.21. The fraction of sp³-hybridized carbons (Fsp3) is 0.583. The lowest BCUT2D eigenvalue weighted by Crippen LogP contribution is -2.34. The number of hydrazine groups is 1. The monoisotopic (exact) mass is 318 g/mol. The van der Waals surface area contributed by atoms with Crippen LogP contribution in [-0.4, -0.2) is 30.3 Å². The Labute approximate surface area is 124 Å². The van der Waals surface area contributed by atoms with Gasteiger partial charge >= 0.3 is 0 Å². The van der Waals surface area contributed by atoms with Gasteiger partial charge in [-0.05, 0) is 25.3 Å². The number of nitrogens with zero attached hydrogens (tertiary/aromatic N) is 2. The van der Waals surface area contributed by atoms with Crippen LogP contribution in [0.25, 0.3) is 0 Å². The normalized spacial score (nSPS) is 15.6. The number of nitrogens with two attached hydrogens (primary N) is 1. The number of rotatable bonds is 7. The van der Waals surface area contributed by atoms with Crippen molar-refractivity contribution in [1.82, 2.24) is 9.29 Å². The fourth-order valence-electron chi connectivity index (χ4n) is 1.98. The van der Waals surface area contributed by atoms with E-state index in [-0.39, 0.29) is 21.8 Å². The van der Waals surface area contributed by atoms with E-state index in [0.717, 1.165) is 25.7 Å². The highest BCUT2D eigenvalue weighted by atomic mass is 35.5. The number of aromatic nitrogens is 1. The summed E-state index contributed by atoms with van der Waals surface area (Å²) in [5.41, 5.74) is 2.32. The van der Waals surface area contributed by atoms with Gasteiger partial charge in [0.15, 0.2) is 5.82 Å². The van der Waals surface area contributed by atoms with Crippen LogP contribution in [0.1, 0.15) is 32.6 Å². The van der Waals surface area contributed by atoms with Gasteiger partial charge in [0.2, 0.25) is 10.0 Å². The van der Waals surface area contributed by atoms with Crippen LogP contribution < -0.4 is 11.3 Å². The van der Waals surface area contributed by atoms with Crippen LogP contribution in [0.3, 0.4) is 0 Å². The summed E-state index contributed by atoms with van der Waals surface area (Å²) in [5, 5.41) is 0.194. The zero-order chi connectivity index (χ0) is 14.8. The molecule has 1 aromatic heterocycles. The maximum Gasteiger partial charge on any atom is 0.244 e. The molecule has 1 aliphatic rings. The molecule has 3 N–H and O–H groups in total. The zero-order valence-electron chi connectivity index (χ0n) is 11.3. The summed E-state index contributed by atoms with van der Waals surface area (Å²) in [6.45, 7) is 2.58. The Morgan fingerprint density at radius 1 is 1.55 bits per heavy atom. The molecule has 0 atom stereocenters. The number of anilines is 1. The summed E-state index contributed by atoms with van der Waals surface area (Å²) in [6.07, 6.45) is 4.93. The maximum absolute atomic E-state index is 12.6. The molecule has 0 amide bonds. The van der Waals surface area contributed by atoms with E-state index in [0.29, 0.717) is 6.54 Å². The molecule has 112 valence electrons. The molecular formula is C12H19ClN4O2S. The van der Waals surface area contributed by atoms with E-state index in [9.17, 15) is 8.42 Å². The number of hydrogen-bond acceptors (Lipinski definition) is 5. The zero-order valence-corrected chi connectivity index (χ0v) is 12.9. The van der Waals surface area contributed by atoms with Crippen LogP contribution in [0.4, 0.5) is 5.82 Å². The van der Waals surface area contributed by atoms with Crippen LogP contribution >= 0.6 is 11.6 Å². The molecular weight excluding hydrogens is 300 g/mol. The summed E-state index contributed by atoms with van der Waals surface area (Å²) < 4.78 is 26.9. The number of hydrogen-bond donors (Lipinski definition) is 2. The third-order valence-electron chi connectivity index (χ3n) is 3.25. The van der Waals surface area contributed by atoms with E-state index in [2.05, 4.69) is 10.4 Å². The predicted molar refractivity (Wildman–Crippen MR) is 78.9 cm³/mol. The molecule has 0 spiro atoms. The first-order chi connectivity index (χ1) is 9.50. The third-order valence-corrected chi connectivity index (χ3v) is 5.45. The van der Waals surface area contributed by atoms with Gasteiger partial charge in [-0.2, -0.15) is 4.31 Å². The summed E-state index contributed by atoms with van der Waals surface area (Å²) in [4.78, 5) is 4.05. The van der Waals surface area contributed by atoms with Gasteiger partial charge in [-0.3, -0.25) is 0 Å². The van der Waals surface area contributed by atoms with Gasteiger partial charge in [0, 0.05) is 18.8 Å². The van der Waals surface area contributed by atoms with E-state index in [1.165, 1.54) is 12.3 Å². The SMILES string of the molecule is CCCCN(C1CC1)S(=O)(=O)c1cnc(NN)c(Cl)c1. The Morgan fingerprint density at radius 3 is 2.75 bits per heavy atom. The number of pyridine rings is 1. The second kappa shape index (κ2) is 6.26. The Hall–Kier alpha value is -0.890. The van der Waals surface area contributed by atoms with Crippen LogP contribution in [0.15, 0.2) is 17.2 Å². The quantitative estimate of drug-likeness (QED) is 0.593. The molecule has 1 fully saturated rings. The molecule has 20 heavy (non-hydrogen) atoms. The van der Waals surface area contributed by atoms with E-state index in [1.54, 1.807) is 4.31 Å². The number of sulfonamides is 1. The van der Waals surface area contributed by atoms with E-state index in [1.807, 2.05) is 6.92 Å². The molecule has 0 aliphatic heterocycles. The summed E-state index contributed by atoms with van der Waals surface area (Å²) in [5.74, 6) is 5.50. The molecule has 1 heterocycles. The van der Waals surface area contributed by atoms with Gasteiger partial charge in [-0.15, -0.1) is 0 Å². The average Bonchev–Trinajstić information content (AvgIpc) is 3.23. The van der Waals surface area contributed by atoms with Crippen molar-refractivity contribution in [1.29, 1.82) is 0 Å². The summed E-state index contributed by atoms with van der Waals surface area (Å²) in [7, 11) is -3.54. The molecule has 8 heteroatoms.